The predicted octanol–water partition coefficient (Wildman–Crippen LogP) is 3.17. The Labute approximate surface area is 124 Å². The average molecular weight is 288 g/mol. The molecule has 1 N–H and O–H groups in total. The number of hydrogen-bond acceptors (Lipinski definition) is 3. The molecule has 21 heavy (non-hydrogen) atoms. The van der Waals surface area contributed by atoms with Crippen LogP contribution in [0.3, 0.4) is 0 Å². The molecule has 2 rings (SSSR count). The van der Waals surface area contributed by atoms with Crippen LogP contribution in [0, 0.1) is 0 Å². The van der Waals surface area contributed by atoms with Gasteiger partial charge in [0.2, 0.25) is 0 Å². The smallest absolute Gasteiger partial charge is 0.339 e. The Kier molecular flexibility index (Phi) is 4.98. The number of aromatic nitrogens is 2. The number of ether oxygens (including phenoxy) is 1. The highest BCUT2D eigenvalue weighted by atomic mass is 16.5. The SMILES string of the molecule is CC(C)c1c(C(=O)O)cnn1CCCOc1ccccc1. The van der Waals surface area contributed by atoms with E-state index in [2.05, 4.69) is 5.10 Å². The van der Waals surface area contributed by atoms with E-state index >= 15 is 0 Å². The van der Waals surface area contributed by atoms with Gasteiger partial charge in [0.05, 0.1) is 18.5 Å². The van der Waals surface area contributed by atoms with Crippen molar-refractivity contribution in [2.24, 2.45) is 0 Å². The lowest BCUT2D eigenvalue weighted by atomic mass is 10.1. The number of carboxylic acid groups (broad SMARTS) is 1. The molecule has 0 bridgehead atoms. The van der Waals surface area contributed by atoms with Crippen LogP contribution >= 0.6 is 0 Å². The van der Waals surface area contributed by atoms with Crippen molar-refractivity contribution in [3.63, 3.8) is 0 Å². The molecule has 0 atom stereocenters. The van der Waals surface area contributed by atoms with Crippen LogP contribution in [0.4, 0.5) is 0 Å². The van der Waals surface area contributed by atoms with Gasteiger partial charge in [0, 0.05) is 13.0 Å². The quantitative estimate of drug-likeness (QED) is 0.795. The third kappa shape index (κ3) is 3.84. The molecule has 0 fully saturated rings. The minimum atomic E-state index is -0.925. The highest BCUT2D eigenvalue weighted by Gasteiger charge is 2.18. The van der Waals surface area contributed by atoms with Crippen molar-refractivity contribution in [1.29, 1.82) is 0 Å². The molecule has 1 aromatic heterocycles. The summed E-state index contributed by atoms with van der Waals surface area (Å²) in [6.07, 6.45) is 2.20. The molecule has 0 radical (unpaired) electrons. The predicted molar refractivity (Wildman–Crippen MR) is 79.8 cm³/mol. The van der Waals surface area contributed by atoms with Crippen LogP contribution in [-0.4, -0.2) is 27.5 Å². The molecule has 0 unspecified atom stereocenters. The standard InChI is InChI=1S/C16H20N2O3/c1-12(2)15-14(16(19)20)11-17-18(15)9-6-10-21-13-7-4-3-5-8-13/h3-5,7-8,11-12H,6,9-10H2,1-2H3,(H,19,20). The number of nitrogens with zero attached hydrogens (tertiary/aromatic N) is 2. The molecule has 1 heterocycles. The molecule has 0 saturated carbocycles. The fraction of sp³-hybridized carbons (Fsp3) is 0.375. The Hall–Kier alpha value is -2.30. The van der Waals surface area contributed by atoms with Crippen LogP contribution in [0.15, 0.2) is 36.5 Å². The summed E-state index contributed by atoms with van der Waals surface area (Å²) < 4.78 is 7.39. The number of hydrogen-bond donors (Lipinski definition) is 1. The number of benzene rings is 1. The van der Waals surface area contributed by atoms with Crippen LogP contribution in [0.1, 0.15) is 42.2 Å². The third-order valence-corrected chi connectivity index (χ3v) is 3.18. The van der Waals surface area contributed by atoms with Gasteiger partial charge in [0.1, 0.15) is 11.3 Å². The van der Waals surface area contributed by atoms with Crippen LogP contribution < -0.4 is 4.74 Å². The molecule has 112 valence electrons. The normalized spacial score (nSPS) is 10.8. The average Bonchev–Trinajstić information content (AvgIpc) is 2.89. The minimum absolute atomic E-state index is 0.119. The van der Waals surface area contributed by atoms with Gasteiger partial charge in [0.15, 0.2) is 0 Å². The molecular formula is C16H20N2O3. The number of aromatic carboxylic acids is 1. The monoisotopic (exact) mass is 288 g/mol. The van der Waals surface area contributed by atoms with Gasteiger partial charge in [-0.3, -0.25) is 4.68 Å². The maximum Gasteiger partial charge on any atom is 0.339 e. The van der Waals surface area contributed by atoms with Crippen LogP contribution in [0.2, 0.25) is 0 Å². The Morgan fingerprint density at radius 2 is 2.05 bits per heavy atom. The fourth-order valence-electron chi connectivity index (χ4n) is 2.27. The molecule has 0 saturated heterocycles. The van der Waals surface area contributed by atoms with Crippen molar-refractivity contribution in [3.05, 3.63) is 47.8 Å². The van der Waals surface area contributed by atoms with Crippen LogP contribution in [-0.2, 0) is 6.54 Å². The fourth-order valence-corrected chi connectivity index (χ4v) is 2.27. The first-order valence-electron chi connectivity index (χ1n) is 7.06. The van der Waals surface area contributed by atoms with E-state index in [9.17, 15) is 9.90 Å². The summed E-state index contributed by atoms with van der Waals surface area (Å²) in [5, 5.41) is 13.4. The molecule has 0 aliphatic heterocycles. The lowest BCUT2D eigenvalue weighted by Gasteiger charge is -2.12. The van der Waals surface area contributed by atoms with Crippen LogP contribution in [0.5, 0.6) is 5.75 Å². The summed E-state index contributed by atoms with van der Waals surface area (Å²) in [5.41, 5.74) is 1.05. The van der Waals surface area contributed by atoms with Gasteiger partial charge in [-0.1, -0.05) is 32.0 Å². The van der Waals surface area contributed by atoms with E-state index in [4.69, 9.17) is 4.74 Å². The molecule has 0 spiro atoms. The molecule has 0 amide bonds. The second kappa shape index (κ2) is 6.92. The van der Waals surface area contributed by atoms with Gasteiger partial charge in [-0.2, -0.15) is 5.10 Å². The zero-order chi connectivity index (χ0) is 15.2. The van der Waals surface area contributed by atoms with Gasteiger partial charge in [0.25, 0.3) is 0 Å². The summed E-state index contributed by atoms with van der Waals surface area (Å²) in [7, 11) is 0. The highest BCUT2D eigenvalue weighted by Crippen LogP contribution is 2.20. The summed E-state index contributed by atoms with van der Waals surface area (Å²) in [6.45, 7) is 5.16. The molecule has 0 aliphatic rings. The summed E-state index contributed by atoms with van der Waals surface area (Å²) >= 11 is 0. The Balaban J connectivity index is 1.93. The number of carboxylic acids is 1. The van der Waals surface area contributed by atoms with E-state index in [1.54, 1.807) is 4.68 Å². The second-order valence-electron chi connectivity index (χ2n) is 5.14. The Morgan fingerprint density at radius 3 is 2.67 bits per heavy atom. The molecule has 5 nitrogen and oxygen atoms in total. The molecule has 2 aromatic rings. The van der Waals surface area contributed by atoms with Gasteiger partial charge in [-0.15, -0.1) is 0 Å². The van der Waals surface area contributed by atoms with Crippen molar-refractivity contribution in [3.8, 4) is 5.75 Å². The van der Waals surface area contributed by atoms with E-state index in [1.807, 2.05) is 44.2 Å². The Bertz CT molecular complexity index is 591. The van der Waals surface area contributed by atoms with Gasteiger partial charge in [-0.25, -0.2) is 4.79 Å². The maximum atomic E-state index is 11.2. The molecule has 1 aromatic carbocycles. The molecular weight excluding hydrogens is 268 g/mol. The molecule has 5 heteroatoms. The van der Waals surface area contributed by atoms with Crippen molar-refractivity contribution < 1.29 is 14.6 Å². The zero-order valence-electron chi connectivity index (χ0n) is 12.3. The van der Waals surface area contributed by atoms with Crippen molar-refractivity contribution in [1.82, 2.24) is 9.78 Å². The number of aryl methyl sites for hydroxylation is 1. The Morgan fingerprint density at radius 1 is 1.33 bits per heavy atom. The van der Waals surface area contributed by atoms with E-state index in [-0.39, 0.29) is 11.5 Å². The number of para-hydroxylation sites is 1. The zero-order valence-corrected chi connectivity index (χ0v) is 12.3. The van der Waals surface area contributed by atoms with Gasteiger partial charge >= 0.3 is 5.97 Å². The van der Waals surface area contributed by atoms with Gasteiger partial charge in [-0.05, 0) is 18.1 Å². The largest absolute Gasteiger partial charge is 0.494 e. The number of rotatable bonds is 7. The second-order valence-corrected chi connectivity index (χ2v) is 5.14. The maximum absolute atomic E-state index is 11.2. The summed E-state index contributed by atoms with van der Waals surface area (Å²) in [4.78, 5) is 11.2. The van der Waals surface area contributed by atoms with Crippen LogP contribution in [0.25, 0.3) is 0 Å². The highest BCUT2D eigenvalue weighted by molar-refractivity contribution is 5.88. The van der Waals surface area contributed by atoms with E-state index in [0.717, 1.165) is 17.9 Å². The van der Waals surface area contributed by atoms with Crippen molar-refractivity contribution in [2.45, 2.75) is 32.7 Å². The van der Waals surface area contributed by atoms with Crippen molar-refractivity contribution in [2.75, 3.05) is 6.61 Å². The third-order valence-electron chi connectivity index (χ3n) is 3.18. The van der Waals surface area contributed by atoms with E-state index < -0.39 is 5.97 Å². The number of carbonyl (C=O) groups is 1. The van der Waals surface area contributed by atoms with E-state index in [0.29, 0.717) is 13.2 Å². The first-order valence-corrected chi connectivity index (χ1v) is 7.06. The molecule has 0 aliphatic carbocycles. The minimum Gasteiger partial charge on any atom is -0.494 e. The lowest BCUT2D eigenvalue weighted by molar-refractivity contribution is 0.0695. The lowest BCUT2D eigenvalue weighted by Crippen LogP contribution is -2.12. The van der Waals surface area contributed by atoms with Gasteiger partial charge < -0.3 is 9.84 Å². The van der Waals surface area contributed by atoms with E-state index in [1.165, 1.54) is 6.20 Å². The first-order chi connectivity index (χ1) is 10.1. The first kappa shape index (κ1) is 15.1. The van der Waals surface area contributed by atoms with Crippen molar-refractivity contribution >= 4 is 5.97 Å². The summed E-state index contributed by atoms with van der Waals surface area (Å²) in [6, 6.07) is 9.63. The topological polar surface area (TPSA) is 64.3 Å². The summed E-state index contributed by atoms with van der Waals surface area (Å²) in [5.74, 6) is 0.0346.